The number of carbonyl (C=O) groups excluding carboxylic acids is 2. The van der Waals surface area contributed by atoms with Crippen LogP contribution in [0.5, 0.6) is 0 Å². The molecule has 0 atom stereocenters. The lowest BCUT2D eigenvalue weighted by Crippen LogP contribution is -2.49. The van der Waals surface area contributed by atoms with E-state index < -0.39 is 5.91 Å². The monoisotopic (exact) mass is 498 g/mol. The predicted octanol–water partition coefficient (Wildman–Crippen LogP) is 4.06. The summed E-state index contributed by atoms with van der Waals surface area (Å²) in [6.07, 6.45) is 1.68. The first-order valence-electron chi connectivity index (χ1n) is 10.9. The molecule has 1 aromatic heterocycles. The van der Waals surface area contributed by atoms with E-state index >= 15 is 0 Å². The number of piperazine rings is 1. The van der Waals surface area contributed by atoms with Gasteiger partial charge in [-0.25, -0.2) is 0 Å². The summed E-state index contributed by atoms with van der Waals surface area (Å²) in [7, 11) is 0. The molecule has 1 fully saturated rings. The minimum absolute atomic E-state index is 0.105. The Labute approximate surface area is 207 Å². The number of carbonyl (C=O) groups is 2. The standard InChI is InChI=1S/C25H24Cl2N4O3/c26-21-7-5-18(16-20(21)23-3-1-2-8-28-23)29-24(33)19-6-4-17(15-22(19)27)25(34)31-11-9-30(10-12-31)13-14-32/h1-8,15-16,32H,9-14H2,(H,29,33). The van der Waals surface area contributed by atoms with Crippen LogP contribution in [0.1, 0.15) is 20.7 Å². The molecule has 176 valence electrons. The molecule has 0 spiro atoms. The number of nitrogens with one attached hydrogen (secondary N) is 1. The lowest BCUT2D eigenvalue weighted by Gasteiger charge is -2.34. The summed E-state index contributed by atoms with van der Waals surface area (Å²) in [5.41, 5.74) is 2.64. The number of rotatable bonds is 6. The number of β-amino-alcohol motifs (C(OH)–C–C–N with tert-alkyl or cyclic N) is 1. The van der Waals surface area contributed by atoms with Crippen LogP contribution in [-0.2, 0) is 0 Å². The minimum Gasteiger partial charge on any atom is -0.395 e. The summed E-state index contributed by atoms with van der Waals surface area (Å²) in [5.74, 6) is -0.522. The first-order valence-corrected chi connectivity index (χ1v) is 11.7. The van der Waals surface area contributed by atoms with Gasteiger partial charge in [0.1, 0.15) is 0 Å². The molecule has 4 rings (SSSR count). The normalized spacial score (nSPS) is 14.1. The van der Waals surface area contributed by atoms with Crippen LogP contribution in [-0.4, -0.2) is 71.0 Å². The maximum Gasteiger partial charge on any atom is 0.257 e. The van der Waals surface area contributed by atoms with Gasteiger partial charge in [-0.15, -0.1) is 0 Å². The highest BCUT2D eigenvalue weighted by Crippen LogP contribution is 2.30. The number of aliphatic hydroxyl groups excluding tert-OH is 1. The molecule has 34 heavy (non-hydrogen) atoms. The molecular formula is C25H24Cl2N4O3. The topological polar surface area (TPSA) is 85.8 Å². The second kappa shape index (κ2) is 11.0. The van der Waals surface area contributed by atoms with Gasteiger partial charge in [-0.2, -0.15) is 0 Å². The van der Waals surface area contributed by atoms with Crippen molar-refractivity contribution in [3.63, 3.8) is 0 Å². The number of aromatic nitrogens is 1. The quantitative estimate of drug-likeness (QED) is 0.535. The Balaban J connectivity index is 1.45. The van der Waals surface area contributed by atoms with Crippen molar-refractivity contribution < 1.29 is 14.7 Å². The predicted molar refractivity (Wildman–Crippen MR) is 134 cm³/mol. The van der Waals surface area contributed by atoms with E-state index in [1.807, 2.05) is 18.2 Å². The van der Waals surface area contributed by atoms with E-state index in [0.29, 0.717) is 60.3 Å². The van der Waals surface area contributed by atoms with Crippen molar-refractivity contribution in [1.29, 1.82) is 0 Å². The highest BCUT2D eigenvalue weighted by Gasteiger charge is 2.23. The molecule has 9 heteroatoms. The van der Waals surface area contributed by atoms with Crippen molar-refractivity contribution in [1.82, 2.24) is 14.8 Å². The molecule has 2 amide bonds. The summed E-state index contributed by atoms with van der Waals surface area (Å²) in [6, 6.07) is 15.4. The maximum atomic E-state index is 12.9. The number of halogens is 2. The van der Waals surface area contributed by atoms with Crippen molar-refractivity contribution in [3.05, 3.63) is 82.0 Å². The number of pyridine rings is 1. The largest absolute Gasteiger partial charge is 0.395 e. The van der Waals surface area contributed by atoms with Crippen LogP contribution in [0.3, 0.4) is 0 Å². The van der Waals surface area contributed by atoms with Crippen LogP contribution >= 0.6 is 23.2 Å². The molecule has 3 aromatic rings. The molecule has 1 saturated heterocycles. The third kappa shape index (κ3) is 5.56. The van der Waals surface area contributed by atoms with E-state index in [1.165, 1.54) is 6.07 Å². The SMILES string of the molecule is O=C(Nc1ccc(Cl)c(-c2ccccn2)c1)c1ccc(C(=O)N2CCN(CCO)CC2)cc1Cl. The van der Waals surface area contributed by atoms with Crippen LogP contribution in [0.4, 0.5) is 5.69 Å². The van der Waals surface area contributed by atoms with E-state index in [-0.39, 0.29) is 23.1 Å². The van der Waals surface area contributed by atoms with Gasteiger partial charge in [-0.1, -0.05) is 29.3 Å². The van der Waals surface area contributed by atoms with Gasteiger partial charge in [0.05, 0.1) is 27.9 Å². The fourth-order valence-corrected chi connectivity index (χ4v) is 4.33. The molecule has 0 aliphatic carbocycles. The highest BCUT2D eigenvalue weighted by molar-refractivity contribution is 6.35. The fourth-order valence-electron chi connectivity index (χ4n) is 3.85. The van der Waals surface area contributed by atoms with Gasteiger partial charge >= 0.3 is 0 Å². The van der Waals surface area contributed by atoms with Crippen molar-refractivity contribution in [2.45, 2.75) is 0 Å². The third-order valence-electron chi connectivity index (χ3n) is 5.70. The van der Waals surface area contributed by atoms with Crippen molar-refractivity contribution >= 4 is 40.7 Å². The van der Waals surface area contributed by atoms with Crippen LogP contribution < -0.4 is 5.32 Å². The zero-order chi connectivity index (χ0) is 24.1. The van der Waals surface area contributed by atoms with Crippen molar-refractivity contribution in [3.8, 4) is 11.3 Å². The lowest BCUT2D eigenvalue weighted by atomic mass is 10.1. The number of hydrogen-bond donors (Lipinski definition) is 2. The highest BCUT2D eigenvalue weighted by atomic mass is 35.5. The number of nitrogens with zero attached hydrogens (tertiary/aromatic N) is 3. The summed E-state index contributed by atoms with van der Waals surface area (Å²) in [4.78, 5) is 33.9. The first kappa shape index (κ1) is 24.2. The Kier molecular flexibility index (Phi) is 7.80. The average molecular weight is 499 g/mol. The molecule has 1 aliphatic heterocycles. The van der Waals surface area contributed by atoms with E-state index in [2.05, 4.69) is 15.2 Å². The smallest absolute Gasteiger partial charge is 0.257 e. The average Bonchev–Trinajstić information content (AvgIpc) is 2.86. The fraction of sp³-hybridized carbons (Fsp3) is 0.240. The van der Waals surface area contributed by atoms with E-state index in [1.54, 1.807) is 41.4 Å². The second-order valence-corrected chi connectivity index (χ2v) is 8.73. The van der Waals surface area contributed by atoms with Crippen molar-refractivity contribution in [2.24, 2.45) is 0 Å². The zero-order valence-electron chi connectivity index (χ0n) is 18.4. The molecule has 2 heterocycles. The van der Waals surface area contributed by atoms with Gasteiger partial charge in [0.2, 0.25) is 0 Å². The Morgan fingerprint density at radius 1 is 0.971 bits per heavy atom. The molecule has 0 radical (unpaired) electrons. The van der Waals surface area contributed by atoms with Gasteiger partial charge in [0.25, 0.3) is 11.8 Å². The minimum atomic E-state index is -0.393. The Bertz CT molecular complexity index is 1180. The van der Waals surface area contributed by atoms with Crippen LogP contribution in [0, 0.1) is 0 Å². The molecule has 2 aromatic carbocycles. The van der Waals surface area contributed by atoms with Gasteiger partial charge in [-0.3, -0.25) is 19.5 Å². The number of amides is 2. The molecule has 2 N–H and O–H groups in total. The molecule has 0 saturated carbocycles. The Morgan fingerprint density at radius 3 is 2.44 bits per heavy atom. The van der Waals surface area contributed by atoms with Crippen molar-refractivity contribution in [2.75, 3.05) is 44.6 Å². The number of benzene rings is 2. The lowest BCUT2D eigenvalue weighted by molar-refractivity contribution is 0.0614. The second-order valence-electron chi connectivity index (χ2n) is 7.92. The number of hydrogen-bond acceptors (Lipinski definition) is 5. The molecule has 0 unspecified atom stereocenters. The summed E-state index contributed by atoms with van der Waals surface area (Å²) in [5, 5.41) is 12.6. The first-order chi connectivity index (χ1) is 16.5. The molecule has 1 aliphatic rings. The molecular weight excluding hydrogens is 475 g/mol. The number of anilines is 1. The van der Waals surface area contributed by atoms with Crippen LogP contribution in [0.2, 0.25) is 10.0 Å². The van der Waals surface area contributed by atoms with Crippen LogP contribution in [0.15, 0.2) is 60.8 Å². The van der Waals surface area contributed by atoms with Crippen LogP contribution in [0.25, 0.3) is 11.3 Å². The number of aliphatic hydroxyl groups is 1. The van der Waals surface area contributed by atoms with E-state index in [9.17, 15) is 9.59 Å². The summed E-state index contributed by atoms with van der Waals surface area (Å²) < 4.78 is 0. The summed E-state index contributed by atoms with van der Waals surface area (Å²) >= 11 is 12.7. The third-order valence-corrected chi connectivity index (χ3v) is 6.34. The summed E-state index contributed by atoms with van der Waals surface area (Å²) in [6.45, 7) is 3.29. The van der Waals surface area contributed by atoms with Gasteiger partial charge in [0.15, 0.2) is 0 Å². The van der Waals surface area contributed by atoms with Gasteiger partial charge in [0, 0.05) is 55.7 Å². The molecule has 0 bridgehead atoms. The van der Waals surface area contributed by atoms with E-state index in [0.717, 1.165) is 0 Å². The Hall–Kier alpha value is -2.97. The Morgan fingerprint density at radius 2 is 1.76 bits per heavy atom. The zero-order valence-corrected chi connectivity index (χ0v) is 19.9. The van der Waals surface area contributed by atoms with E-state index in [4.69, 9.17) is 28.3 Å². The van der Waals surface area contributed by atoms with Gasteiger partial charge < -0.3 is 15.3 Å². The van der Waals surface area contributed by atoms with Gasteiger partial charge in [-0.05, 0) is 48.5 Å². The maximum absolute atomic E-state index is 12.9. The molecule has 7 nitrogen and oxygen atoms in total.